The smallest absolute Gasteiger partial charge is 0.262 e. The molecule has 5 nitrogen and oxygen atoms in total. The predicted molar refractivity (Wildman–Crippen MR) is 57.3 cm³/mol. The van der Waals surface area contributed by atoms with Crippen molar-refractivity contribution in [3.8, 4) is 11.5 Å². The van der Waals surface area contributed by atoms with Crippen LogP contribution in [0.1, 0.15) is 0 Å². The Hall–Kier alpha value is -2.01. The second-order valence-corrected chi connectivity index (χ2v) is 3.54. The minimum Gasteiger partial charge on any atom is -0.441 e. The van der Waals surface area contributed by atoms with Gasteiger partial charge in [-0.15, -0.1) is 0 Å². The van der Waals surface area contributed by atoms with Crippen LogP contribution in [0, 0.1) is 0 Å². The molecule has 3 aromatic heterocycles. The van der Waals surface area contributed by atoms with E-state index in [4.69, 9.17) is 20.4 Å². The molecule has 0 aromatic carbocycles. The lowest BCUT2D eigenvalue weighted by Gasteiger charge is -1.86. The average Bonchev–Trinajstić information content (AvgIpc) is 2.84. The van der Waals surface area contributed by atoms with Gasteiger partial charge in [0.2, 0.25) is 5.71 Å². The highest BCUT2D eigenvalue weighted by Crippen LogP contribution is 2.27. The van der Waals surface area contributed by atoms with Crippen LogP contribution < -0.4 is 5.56 Å². The molecule has 0 atom stereocenters. The van der Waals surface area contributed by atoms with Crippen molar-refractivity contribution in [2.45, 2.75) is 0 Å². The quantitative estimate of drug-likeness (QED) is 0.704. The number of halogens is 1. The van der Waals surface area contributed by atoms with Crippen LogP contribution in [0.25, 0.3) is 22.6 Å². The van der Waals surface area contributed by atoms with Gasteiger partial charge in [0, 0.05) is 6.07 Å². The molecule has 0 saturated heterocycles. The largest absolute Gasteiger partial charge is 0.441 e. The minimum atomic E-state index is -0.252. The standard InChI is InChI=1S/C10H5ClN2O3/c11-8-2-1-6(15-8)7-3-5-9(14)12-4-13-10(5)16-7/h1-4H,(H,12,13,14). The van der Waals surface area contributed by atoms with Gasteiger partial charge in [-0.2, -0.15) is 0 Å². The maximum absolute atomic E-state index is 11.4. The molecule has 1 N–H and O–H groups in total. The summed E-state index contributed by atoms with van der Waals surface area (Å²) < 4.78 is 10.5. The number of nitrogens with one attached hydrogen (secondary N) is 1. The number of hydrogen-bond donors (Lipinski definition) is 1. The van der Waals surface area contributed by atoms with E-state index in [1.807, 2.05) is 0 Å². The highest BCUT2D eigenvalue weighted by Gasteiger charge is 2.12. The molecule has 0 amide bonds. The van der Waals surface area contributed by atoms with Gasteiger partial charge in [0.1, 0.15) is 5.39 Å². The Labute approximate surface area is 93.7 Å². The lowest BCUT2D eigenvalue weighted by atomic mass is 10.3. The molecule has 3 rings (SSSR count). The third kappa shape index (κ3) is 1.33. The van der Waals surface area contributed by atoms with Crippen molar-refractivity contribution < 1.29 is 8.83 Å². The van der Waals surface area contributed by atoms with Gasteiger partial charge in [-0.25, -0.2) is 4.98 Å². The molecule has 6 heteroatoms. The molecule has 0 saturated carbocycles. The lowest BCUT2D eigenvalue weighted by molar-refractivity contribution is 0.540. The van der Waals surface area contributed by atoms with E-state index in [1.54, 1.807) is 18.2 Å². The molecule has 3 heterocycles. The van der Waals surface area contributed by atoms with E-state index in [-0.39, 0.29) is 16.5 Å². The Bertz CT molecular complexity index is 710. The number of aromatic amines is 1. The monoisotopic (exact) mass is 236 g/mol. The molecule has 0 aliphatic rings. The van der Waals surface area contributed by atoms with Crippen molar-refractivity contribution in [1.29, 1.82) is 0 Å². The van der Waals surface area contributed by atoms with Crippen LogP contribution in [0.3, 0.4) is 0 Å². The summed E-state index contributed by atoms with van der Waals surface area (Å²) >= 11 is 5.65. The maximum atomic E-state index is 11.4. The van der Waals surface area contributed by atoms with Gasteiger partial charge in [0.25, 0.3) is 5.56 Å². The zero-order chi connectivity index (χ0) is 11.1. The van der Waals surface area contributed by atoms with Crippen LogP contribution in [0.5, 0.6) is 0 Å². The Kier molecular flexibility index (Phi) is 1.87. The van der Waals surface area contributed by atoms with Crippen molar-refractivity contribution in [1.82, 2.24) is 9.97 Å². The summed E-state index contributed by atoms with van der Waals surface area (Å²) in [5.41, 5.74) is 0.0175. The van der Waals surface area contributed by atoms with Crippen molar-refractivity contribution >= 4 is 22.7 Å². The second kappa shape index (κ2) is 3.24. The Balaban J connectivity index is 2.26. The number of rotatable bonds is 1. The number of hydrogen-bond acceptors (Lipinski definition) is 4. The number of nitrogens with zero attached hydrogens (tertiary/aromatic N) is 1. The van der Waals surface area contributed by atoms with E-state index in [1.165, 1.54) is 6.33 Å². The molecule has 0 aliphatic carbocycles. The topological polar surface area (TPSA) is 72.0 Å². The van der Waals surface area contributed by atoms with Crippen molar-refractivity contribution in [3.05, 3.63) is 40.1 Å². The fourth-order valence-corrected chi connectivity index (χ4v) is 1.58. The number of fused-ring (bicyclic) bond motifs is 1. The van der Waals surface area contributed by atoms with Crippen molar-refractivity contribution in [3.63, 3.8) is 0 Å². The minimum absolute atomic E-state index is 0.252. The Morgan fingerprint density at radius 2 is 2.12 bits per heavy atom. The summed E-state index contributed by atoms with van der Waals surface area (Å²) in [6.07, 6.45) is 1.28. The van der Waals surface area contributed by atoms with Gasteiger partial charge in [-0.1, -0.05) is 0 Å². The summed E-state index contributed by atoms with van der Waals surface area (Å²) in [4.78, 5) is 17.8. The van der Waals surface area contributed by atoms with E-state index >= 15 is 0 Å². The van der Waals surface area contributed by atoms with Gasteiger partial charge in [0.05, 0.1) is 6.33 Å². The number of H-pyrrole nitrogens is 1. The summed E-state index contributed by atoms with van der Waals surface area (Å²) in [7, 11) is 0. The lowest BCUT2D eigenvalue weighted by Crippen LogP contribution is -2.03. The highest BCUT2D eigenvalue weighted by molar-refractivity contribution is 6.28. The van der Waals surface area contributed by atoms with Crippen LogP contribution >= 0.6 is 11.6 Å². The molecule has 0 unspecified atom stereocenters. The third-order valence-corrected chi connectivity index (χ3v) is 2.35. The number of furan rings is 2. The molecular weight excluding hydrogens is 232 g/mol. The fourth-order valence-electron chi connectivity index (χ4n) is 1.44. The van der Waals surface area contributed by atoms with E-state index in [0.717, 1.165) is 0 Å². The van der Waals surface area contributed by atoms with E-state index in [9.17, 15) is 4.79 Å². The van der Waals surface area contributed by atoms with E-state index in [2.05, 4.69) is 9.97 Å². The SMILES string of the molecule is O=c1[nH]cnc2oc(-c3ccc(Cl)o3)cc12. The van der Waals surface area contributed by atoms with Crippen molar-refractivity contribution in [2.24, 2.45) is 0 Å². The first kappa shape index (κ1) is 9.23. The highest BCUT2D eigenvalue weighted by atomic mass is 35.5. The first-order valence-electron chi connectivity index (χ1n) is 4.47. The Morgan fingerprint density at radius 3 is 2.81 bits per heavy atom. The summed E-state index contributed by atoms with van der Waals surface area (Å²) in [6.45, 7) is 0. The van der Waals surface area contributed by atoms with Crippen LogP contribution in [0.2, 0.25) is 5.22 Å². The average molecular weight is 237 g/mol. The molecule has 0 bridgehead atoms. The van der Waals surface area contributed by atoms with Crippen LogP contribution in [0.15, 0.2) is 38.2 Å². The maximum Gasteiger partial charge on any atom is 0.262 e. The molecule has 3 aromatic rings. The summed E-state index contributed by atoms with van der Waals surface area (Å²) in [5, 5.41) is 0.641. The Morgan fingerprint density at radius 1 is 1.25 bits per heavy atom. The first-order chi connectivity index (χ1) is 7.74. The van der Waals surface area contributed by atoms with E-state index < -0.39 is 0 Å². The second-order valence-electron chi connectivity index (χ2n) is 3.16. The first-order valence-corrected chi connectivity index (χ1v) is 4.85. The summed E-state index contributed by atoms with van der Waals surface area (Å²) in [6, 6.07) is 4.83. The van der Waals surface area contributed by atoms with Crippen molar-refractivity contribution in [2.75, 3.05) is 0 Å². The normalized spacial score (nSPS) is 11.1. The predicted octanol–water partition coefficient (Wildman–Crippen LogP) is 2.43. The molecule has 0 radical (unpaired) electrons. The number of aromatic nitrogens is 2. The molecular formula is C10H5ClN2O3. The molecule has 16 heavy (non-hydrogen) atoms. The zero-order valence-corrected chi connectivity index (χ0v) is 8.62. The molecule has 80 valence electrons. The molecule has 0 spiro atoms. The van der Waals surface area contributed by atoms with Gasteiger partial charge >= 0.3 is 0 Å². The van der Waals surface area contributed by atoms with E-state index in [0.29, 0.717) is 16.9 Å². The molecule has 0 aliphatic heterocycles. The molecule has 0 fully saturated rings. The van der Waals surface area contributed by atoms with Gasteiger partial charge in [0.15, 0.2) is 16.7 Å². The zero-order valence-electron chi connectivity index (χ0n) is 7.86. The fraction of sp³-hybridized carbons (Fsp3) is 0. The van der Waals surface area contributed by atoms with Crippen LogP contribution in [0.4, 0.5) is 0 Å². The van der Waals surface area contributed by atoms with Crippen LogP contribution in [-0.2, 0) is 0 Å². The third-order valence-electron chi connectivity index (χ3n) is 2.15. The van der Waals surface area contributed by atoms with Gasteiger partial charge < -0.3 is 13.8 Å². The van der Waals surface area contributed by atoms with Crippen LogP contribution in [-0.4, -0.2) is 9.97 Å². The van der Waals surface area contributed by atoms with Gasteiger partial charge in [-0.05, 0) is 23.7 Å². The van der Waals surface area contributed by atoms with Gasteiger partial charge in [-0.3, -0.25) is 4.79 Å². The summed E-state index contributed by atoms with van der Waals surface area (Å²) in [5.74, 6) is 0.883.